The van der Waals surface area contributed by atoms with Gasteiger partial charge in [-0.3, -0.25) is 9.59 Å². The van der Waals surface area contributed by atoms with E-state index in [4.69, 9.17) is 28.4 Å². The van der Waals surface area contributed by atoms with E-state index in [0.717, 1.165) is 32.1 Å². The highest BCUT2D eigenvalue weighted by atomic mass is 16.7. The minimum absolute atomic E-state index is 0.0830. The van der Waals surface area contributed by atoms with Gasteiger partial charge in [0.2, 0.25) is 0 Å². The average Bonchev–Trinajstić information content (AvgIpc) is 3.35. The van der Waals surface area contributed by atoms with Crippen molar-refractivity contribution in [3.63, 3.8) is 0 Å². The predicted octanol–water partition coefficient (Wildman–Crippen LogP) is 8.05. The number of allylic oxidation sites excluding steroid dienone is 10. The maximum absolute atomic E-state index is 13.0. The van der Waals surface area contributed by atoms with E-state index in [2.05, 4.69) is 56.4 Å². The highest BCUT2D eigenvalue weighted by Crippen LogP contribution is 2.26. The fourth-order valence-electron chi connectivity index (χ4n) is 8.04. The molecular formula is C55H94O15. The molecule has 15 heteroatoms. The zero-order valence-corrected chi connectivity index (χ0v) is 42.7. The minimum Gasteiger partial charge on any atom is -0.462 e. The minimum atomic E-state index is -1.78. The van der Waals surface area contributed by atoms with Gasteiger partial charge in [0.05, 0.1) is 19.8 Å². The second-order valence-electron chi connectivity index (χ2n) is 18.7. The molecule has 2 saturated heterocycles. The van der Waals surface area contributed by atoms with Crippen LogP contribution in [0.25, 0.3) is 0 Å². The van der Waals surface area contributed by atoms with Crippen LogP contribution in [0.3, 0.4) is 0 Å². The number of hydrogen-bond donors (Lipinski definition) is 7. The van der Waals surface area contributed by atoms with Crippen LogP contribution >= 0.6 is 0 Å². The molecule has 2 aliphatic heterocycles. The molecule has 70 heavy (non-hydrogen) atoms. The molecule has 0 aromatic heterocycles. The summed E-state index contributed by atoms with van der Waals surface area (Å²) in [6, 6.07) is 0. The molecule has 2 heterocycles. The second kappa shape index (κ2) is 41.6. The third kappa shape index (κ3) is 29.0. The number of rotatable bonds is 41. The first-order chi connectivity index (χ1) is 34.0. The Morgan fingerprint density at radius 2 is 0.857 bits per heavy atom. The van der Waals surface area contributed by atoms with Gasteiger partial charge in [0.25, 0.3) is 0 Å². The van der Waals surface area contributed by atoms with E-state index in [1.807, 2.05) is 18.2 Å². The molecule has 11 atom stereocenters. The molecule has 2 rings (SSSR count). The number of carbonyl (C=O) groups is 2. The molecule has 0 aromatic carbocycles. The summed E-state index contributed by atoms with van der Waals surface area (Å²) in [5.41, 5.74) is 0. The van der Waals surface area contributed by atoms with Crippen molar-refractivity contribution < 1.29 is 73.8 Å². The lowest BCUT2D eigenvalue weighted by Gasteiger charge is -2.42. The summed E-state index contributed by atoms with van der Waals surface area (Å²) < 4.78 is 33.5. The fourth-order valence-corrected chi connectivity index (χ4v) is 8.04. The van der Waals surface area contributed by atoms with Crippen molar-refractivity contribution in [3.8, 4) is 0 Å². The summed E-state index contributed by atoms with van der Waals surface area (Å²) in [6.07, 6.45) is 31.2. The van der Waals surface area contributed by atoms with Gasteiger partial charge in [0.1, 0.15) is 55.4 Å². The quantitative estimate of drug-likeness (QED) is 0.0175. The molecule has 0 aromatic rings. The number of esters is 2. The topological polar surface area (TPSA) is 231 Å². The van der Waals surface area contributed by atoms with Gasteiger partial charge < -0.3 is 64.2 Å². The van der Waals surface area contributed by atoms with Gasteiger partial charge in [-0.05, 0) is 70.6 Å². The van der Waals surface area contributed by atoms with Crippen LogP contribution in [0.15, 0.2) is 60.8 Å². The van der Waals surface area contributed by atoms with Crippen molar-refractivity contribution in [2.45, 2.75) is 248 Å². The molecule has 0 radical (unpaired) electrons. The number of unbranched alkanes of at least 4 members (excludes halogenated alkanes) is 17. The first kappa shape index (κ1) is 63.3. The smallest absolute Gasteiger partial charge is 0.306 e. The van der Waals surface area contributed by atoms with E-state index >= 15 is 0 Å². The average molecular weight is 995 g/mol. The summed E-state index contributed by atoms with van der Waals surface area (Å²) in [5.74, 6) is -1.04. The monoisotopic (exact) mass is 995 g/mol. The lowest BCUT2D eigenvalue weighted by Crippen LogP contribution is -2.61. The molecule has 15 nitrogen and oxygen atoms in total. The highest BCUT2D eigenvalue weighted by Gasteiger charge is 2.47. The van der Waals surface area contributed by atoms with Crippen LogP contribution in [-0.2, 0) is 38.0 Å². The maximum Gasteiger partial charge on any atom is 0.306 e. The molecule has 2 aliphatic rings. The van der Waals surface area contributed by atoms with Crippen LogP contribution in [0.1, 0.15) is 181 Å². The molecule has 2 fully saturated rings. The largest absolute Gasteiger partial charge is 0.462 e. The molecule has 0 spiro atoms. The van der Waals surface area contributed by atoms with E-state index in [0.29, 0.717) is 25.7 Å². The number of ether oxygens (including phenoxy) is 6. The van der Waals surface area contributed by atoms with E-state index in [9.17, 15) is 45.3 Å². The molecule has 404 valence electrons. The van der Waals surface area contributed by atoms with Crippen LogP contribution in [0.5, 0.6) is 0 Å². The van der Waals surface area contributed by atoms with Crippen LogP contribution in [0, 0.1) is 0 Å². The summed E-state index contributed by atoms with van der Waals surface area (Å²) in [5, 5.41) is 72.1. The lowest BCUT2D eigenvalue weighted by molar-refractivity contribution is -0.332. The number of hydrogen-bond acceptors (Lipinski definition) is 15. The summed E-state index contributed by atoms with van der Waals surface area (Å²) in [7, 11) is 0. The summed E-state index contributed by atoms with van der Waals surface area (Å²) in [4.78, 5) is 25.8. The SMILES string of the molecule is CCCCCCCC/C=C/C/C=C/C/C=C/CCCC(=O)O[C@@H](COC(=O)CCC/C=C/C/C=C/CCCCCCCCCCC)CO[C@@H]1O[C@H](CO[C@@H]2O[C@H](CO)[C@H](O)C(O)C2O)[C@H](O)C(O)C1O. The van der Waals surface area contributed by atoms with Crippen molar-refractivity contribution >= 4 is 11.9 Å². The Balaban J connectivity index is 1.84. The lowest BCUT2D eigenvalue weighted by atomic mass is 9.98. The van der Waals surface area contributed by atoms with Crippen molar-refractivity contribution in [1.82, 2.24) is 0 Å². The molecule has 0 saturated carbocycles. The van der Waals surface area contributed by atoms with Crippen LogP contribution in [0.4, 0.5) is 0 Å². The molecule has 7 N–H and O–H groups in total. The van der Waals surface area contributed by atoms with Gasteiger partial charge in [-0.25, -0.2) is 0 Å². The van der Waals surface area contributed by atoms with Gasteiger partial charge in [-0.15, -0.1) is 0 Å². The van der Waals surface area contributed by atoms with E-state index in [1.54, 1.807) is 0 Å². The van der Waals surface area contributed by atoms with Gasteiger partial charge in [0, 0.05) is 12.8 Å². The first-order valence-corrected chi connectivity index (χ1v) is 26.9. The highest BCUT2D eigenvalue weighted by molar-refractivity contribution is 5.70. The number of aliphatic hydroxyl groups is 7. The van der Waals surface area contributed by atoms with E-state index in [1.165, 1.54) is 96.3 Å². The van der Waals surface area contributed by atoms with Gasteiger partial charge in [-0.1, -0.05) is 158 Å². The Kier molecular flexibility index (Phi) is 37.7. The van der Waals surface area contributed by atoms with Gasteiger partial charge in [-0.2, -0.15) is 0 Å². The van der Waals surface area contributed by atoms with E-state index < -0.39 is 99.3 Å². The molecule has 0 bridgehead atoms. The van der Waals surface area contributed by atoms with Crippen molar-refractivity contribution in [2.24, 2.45) is 0 Å². The Hall–Kier alpha value is -2.80. The zero-order valence-electron chi connectivity index (χ0n) is 42.7. The van der Waals surface area contributed by atoms with Crippen LogP contribution in [0.2, 0.25) is 0 Å². The first-order valence-electron chi connectivity index (χ1n) is 26.9. The van der Waals surface area contributed by atoms with Gasteiger partial charge in [0.15, 0.2) is 18.7 Å². The molecule has 0 amide bonds. The second-order valence-corrected chi connectivity index (χ2v) is 18.7. The standard InChI is InChI=1S/C55H94O15/c1-3-5-7-9-11-13-15-17-19-21-23-25-27-29-31-33-35-37-46(57)65-40-43(68-47(58)38-36-34-32-30-28-26-24-22-20-18-16-14-12-10-8-6-4-2)41-66-54-53(64)51(62)49(60)45(70-54)42-67-55-52(63)50(61)48(59)44(39-56)69-55/h18,20,23-26,29-32,43-45,48-56,59-64H,3-17,19,21-22,27-28,33-42H2,1-2H3/b20-18+,25-23+,26-24+,31-29+,32-30+/t43-,44+,45+,48-,49-,50?,51?,52?,53?,54+,55+/m0/s1. The predicted molar refractivity (Wildman–Crippen MR) is 270 cm³/mol. The third-order valence-electron chi connectivity index (χ3n) is 12.5. The fraction of sp³-hybridized carbons (Fsp3) is 0.782. The maximum atomic E-state index is 13.0. The molecule has 0 aliphatic carbocycles. The van der Waals surface area contributed by atoms with Crippen molar-refractivity contribution in [2.75, 3.05) is 26.4 Å². The number of carbonyl (C=O) groups excluding carboxylic acids is 2. The van der Waals surface area contributed by atoms with E-state index in [-0.39, 0.29) is 19.4 Å². The zero-order chi connectivity index (χ0) is 51.0. The summed E-state index contributed by atoms with van der Waals surface area (Å²) >= 11 is 0. The Morgan fingerprint density at radius 3 is 1.34 bits per heavy atom. The van der Waals surface area contributed by atoms with Crippen LogP contribution in [-0.4, -0.2) is 142 Å². The van der Waals surface area contributed by atoms with Crippen molar-refractivity contribution in [3.05, 3.63) is 60.8 Å². The normalized spacial score (nSPS) is 25.8. The van der Waals surface area contributed by atoms with Crippen LogP contribution < -0.4 is 0 Å². The summed E-state index contributed by atoms with van der Waals surface area (Å²) in [6.45, 7) is 2.49. The Morgan fingerprint density at radius 1 is 0.457 bits per heavy atom. The Labute approximate surface area is 420 Å². The Bertz CT molecular complexity index is 1450. The third-order valence-corrected chi connectivity index (χ3v) is 12.5. The van der Waals surface area contributed by atoms with Crippen molar-refractivity contribution in [1.29, 1.82) is 0 Å². The number of aliphatic hydroxyl groups excluding tert-OH is 7. The molecule has 4 unspecified atom stereocenters. The molecular weight excluding hydrogens is 901 g/mol. The van der Waals surface area contributed by atoms with Gasteiger partial charge >= 0.3 is 11.9 Å².